The summed E-state index contributed by atoms with van der Waals surface area (Å²) in [6, 6.07) is 0.389. The van der Waals surface area contributed by atoms with Gasteiger partial charge in [0.1, 0.15) is 5.60 Å². The van der Waals surface area contributed by atoms with E-state index in [0.29, 0.717) is 6.04 Å². The standard InChI is InChI=1S/C12H21N3OS/c1-9(2)13-11-14-10(15-17-11)12(16-3)7-5-4-6-8-12/h9H,4-8H2,1-3H3,(H,13,14,15). The fourth-order valence-corrected chi connectivity index (χ4v) is 3.15. The molecule has 5 heteroatoms. The molecule has 0 saturated heterocycles. The first kappa shape index (κ1) is 12.8. The molecule has 1 fully saturated rings. The zero-order chi connectivity index (χ0) is 12.3. The van der Waals surface area contributed by atoms with Crippen molar-refractivity contribution in [1.29, 1.82) is 0 Å². The van der Waals surface area contributed by atoms with Crippen LogP contribution in [0.1, 0.15) is 51.8 Å². The van der Waals surface area contributed by atoms with Crippen LogP contribution < -0.4 is 5.32 Å². The summed E-state index contributed by atoms with van der Waals surface area (Å²) >= 11 is 1.43. The molecule has 0 bridgehead atoms. The second-order valence-electron chi connectivity index (χ2n) is 4.98. The average molecular weight is 255 g/mol. The number of ether oxygens (including phenoxy) is 1. The van der Waals surface area contributed by atoms with E-state index in [-0.39, 0.29) is 5.60 Å². The van der Waals surface area contributed by atoms with E-state index in [1.807, 2.05) is 0 Å². The van der Waals surface area contributed by atoms with Gasteiger partial charge in [0.25, 0.3) is 0 Å². The largest absolute Gasteiger partial charge is 0.370 e. The molecule has 1 heterocycles. The van der Waals surface area contributed by atoms with Crippen LogP contribution in [0.2, 0.25) is 0 Å². The number of methoxy groups -OCH3 is 1. The molecule has 1 N–H and O–H groups in total. The number of nitrogens with one attached hydrogen (secondary N) is 1. The summed E-state index contributed by atoms with van der Waals surface area (Å²) in [6.07, 6.45) is 5.80. The van der Waals surface area contributed by atoms with Gasteiger partial charge in [0, 0.05) is 24.7 Å². The molecule has 1 saturated carbocycles. The van der Waals surface area contributed by atoms with Crippen LogP contribution in [0.5, 0.6) is 0 Å². The maximum absolute atomic E-state index is 5.74. The number of hydrogen-bond donors (Lipinski definition) is 1. The Balaban J connectivity index is 2.16. The smallest absolute Gasteiger partial charge is 0.202 e. The fourth-order valence-electron chi connectivity index (χ4n) is 2.36. The maximum atomic E-state index is 5.74. The second-order valence-corrected chi connectivity index (χ2v) is 5.73. The van der Waals surface area contributed by atoms with Crippen LogP contribution in [0, 0.1) is 0 Å². The van der Waals surface area contributed by atoms with Gasteiger partial charge in [-0.25, -0.2) is 4.98 Å². The van der Waals surface area contributed by atoms with Crippen molar-refractivity contribution in [2.24, 2.45) is 0 Å². The lowest BCUT2D eigenvalue weighted by atomic mass is 9.84. The molecule has 0 unspecified atom stereocenters. The Morgan fingerprint density at radius 2 is 2.00 bits per heavy atom. The van der Waals surface area contributed by atoms with Crippen molar-refractivity contribution in [1.82, 2.24) is 9.36 Å². The number of anilines is 1. The molecule has 0 aliphatic heterocycles. The first-order valence-corrected chi connectivity index (χ1v) is 7.09. The van der Waals surface area contributed by atoms with Crippen LogP contribution in [0.3, 0.4) is 0 Å². The van der Waals surface area contributed by atoms with Crippen LogP contribution in [-0.4, -0.2) is 22.5 Å². The third-order valence-corrected chi connectivity index (χ3v) is 3.94. The van der Waals surface area contributed by atoms with Gasteiger partial charge in [-0.15, -0.1) is 0 Å². The highest BCUT2D eigenvalue weighted by atomic mass is 32.1. The van der Waals surface area contributed by atoms with Crippen molar-refractivity contribution in [3.05, 3.63) is 5.82 Å². The molecule has 4 nitrogen and oxygen atoms in total. The summed E-state index contributed by atoms with van der Waals surface area (Å²) in [6.45, 7) is 4.21. The maximum Gasteiger partial charge on any atom is 0.202 e. The number of rotatable bonds is 4. The zero-order valence-electron chi connectivity index (χ0n) is 10.8. The van der Waals surface area contributed by atoms with E-state index in [2.05, 4.69) is 28.5 Å². The molecule has 0 aromatic carbocycles. The van der Waals surface area contributed by atoms with Crippen LogP contribution in [-0.2, 0) is 10.3 Å². The summed E-state index contributed by atoms with van der Waals surface area (Å²) in [4.78, 5) is 4.59. The molecule has 0 spiro atoms. The normalized spacial score (nSPS) is 19.5. The summed E-state index contributed by atoms with van der Waals surface area (Å²) < 4.78 is 10.2. The van der Waals surface area contributed by atoms with Gasteiger partial charge >= 0.3 is 0 Å². The lowest BCUT2D eigenvalue weighted by molar-refractivity contribution is -0.0505. The minimum Gasteiger partial charge on any atom is -0.370 e. The SMILES string of the molecule is COC1(c2nsc(NC(C)C)n2)CCCCC1. The first-order valence-electron chi connectivity index (χ1n) is 6.32. The van der Waals surface area contributed by atoms with E-state index < -0.39 is 0 Å². The van der Waals surface area contributed by atoms with Gasteiger partial charge in [-0.2, -0.15) is 4.37 Å². The predicted molar refractivity (Wildman–Crippen MR) is 70.4 cm³/mol. The third kappa shape index (κ3) is 2.77. The van der Waals surface area contributed by atoms with Crippen molar-refractivity contribution in [3.63, 3.8) is 0 Å². The Bertz CT molecular complexity index is 358. The van der Waals surface area contributed by atoms with Gasteiger partial charge in [0.05, 0.1) is 0 Å². The number of hydrogen-bond acceptors (Lipinski definition) is 5. The Hall–Kier alpha value is -0.680. The Labute approximate surface area is 107 Å². The molecule has 17 heavy (non-hydrogen) atoms. The monoisotopic (exact) mass is 255 g/mol. The summed E-state index contributed by atoms with van der Waals surface area (Å²) in [5.74, 6) is 0.868. The fraction of sp³-hybridized carbons (Fsp3) is 0.833. The molecular weight excluding hydrogens is 234 g/mol. The highest BCUT2D eigenvalue weighted by Crippen LogP contribution is 2.39. The Morgan fingerprint density at radius 1 is 1.29 bits per heavy atom. The van der Waals surface area contributed by atoms with E-state index in [0.717, 1.165) is 23.8 Å². The van der Waals surface area contributed by atoms with Crippen molar-refractivity contribution in [2.45, 2.75) is 57.6 Å². The quantitative estimate of drug-likeness (QED) is 0.897. The third-order valence-electron chi connectivity index (χ3n) is 3.30. The van der Waals surface area contributed by atoms with Crippen molar-refractivity contribution in [3.8, 4) is 0 Å². The Morgan fingerprint density at radius 3 is 2.59 bits per heavy atom. The minimum atomic E-state index is -0.230. The molecule has 0 radical (unpaired) electrons. The van der Waals surface area contributed by atoms with Gasteiger partial charge in [0.2, 0.25) is 5.13 Å². The van der Waals surface area contributed by atoms with E-state index in [1.54, 1.807) is 7.11 Å². The molecule has 1 aliphatic rings. The zero-order valence-corrected chi connectivity index (χ0v) is 11.6. The molecular formula is C12H21N3OS. The van der Waals surface area contributed by atoms with E-state index in [1.165, 1.54) is 30.8 Å². The highest BCUT2D eigenvalue weighted by Gasteiger charge is 2.37. The molecule has 1 aliphatic carbocycles. The minimum absolute atomic E-state index is 0.230. The summed E-state index contributed by atoms with van der Waals surface area (Å²) in [7, 11) is 1.78. The van der Waals surface area contributed by atoms with Crippen molar-refractivity contribution >= 4 is 16.7 Å². The molecule has 96 valence electrons. The van der Waals surface area contributed by atoms with Crippen LogP contribution in [0.25, 0.3) is 0 Å². The number of nitrogens with zero attached hydrogens (tertiary/aromatic N) is 2. The van der Waals surface area contributed by atoms with Gasteiger partial charge in [0.15, 0.2) is 5.82 Å². The van der Waals surface area contributed by atoms with E-state index >= 15 is 0 Å². The van der Waals surface area contributed by atoms with Gasteiger partial charge in [-0.1, -0.05) is 19.3 Å². The lowest BCUT2D eigenvalue weighted by Gasteiger charge is -2.33. The number of aromatic nitrogens is 2. The average Bonchev–Trinajstić information content (AvgIpc) is 2.78. The van der Waals surface area contributed by atoms with Crippen molar-refractivity contribution < 1.29 is 4.74 Å². The van der Waals surface area contributed by atoms with E-state index in [9.17, 15) is 0 Å². The summed E-state index contributed by atoms with van der Waals surface area (Å²) in [5.41, 5.74) is -0.230. The first-order chi connectivity index (χ1) is 8.16. The van der Waals surface area contributed by atoms with Gasteiger partial charge < -0.3 is 10.1 Å². The van der Waals surface area contributed by atoms with Crippen LogP contribution in [0.4, 0.5) is 5.13 Å². The van der Waals surface area contributed by atoms with Crippen LogP contribution in [0.15, 0.2) is 0 Å². The molecule has 2 rings (SSSR count). The van der Waals surface area contributed by atoms with Crippen LogP contribution >= 0.6 is 11.5 Å². The molecule has 0 atom stereocenters. The second kappa shape index (κ2) is 5.31. The highest BCUT2D eigenvalue weighted by molar-refractivity contribution is 7.09. The Kier molecular flexibility index (Phi) is 3.99. The summed E-state index contributed by atoms with van der Waals surface area (Å²) in [5, 5.41) is 4.19. The molecule has 0 amide bonds. The van der Waals surface area contributed by atoms with Crippen molar-refractivity contribution in [2.75, 3.05) is 12.4 Å². The topological polar surface area (TPSA) is 47.0 Å². The molecule has 1 aromatic rings. The molecule has 1 aromatic heterocycles. The van der Waals surface area contributed by atoms with Gasteiger partial charge in [-0.05, 0) is 26.7 Å². The lowest BCUT2D eigenvalue weighted by Crippen LogP contribution is -2.32. The van der Waals surface area contributed by atoms with Gasteiger partial charge in [-0.3, -0.25) is 0 Å². The predicted octanol–water partition coefficient (Wildman–Crippen LogP) is 3.16. The van der Waals surface area contributed by atoms with E-state index in [4.69, 9.17) is 4.74 Å².